The minimum Gasteiger partial charge on any atom is -0.313 e. The number of hydrogen-bond donors (Lipinski definition) is 1. The molecule has 0 aromatic heterocycles. The van der Waals surface area contributed by atoms with Crippen molar-refractivity contribution in [1.29, 1.82) is 0 Å². The lowest BCUT2D eigenvalue weighted by molar-refractivity contribution is 0.104. The van der Waals surface area contributed by atoms with Gasteiger partial charge in [-0.3, -0.25) is 4.90 Å². The lowest BCUT2D eigenvalue weighted by atomic mass is 9.82. The predicted molar refractivity (Wildman–Crippen MR) is 88.1 cm³/mol. The summed E-state index contributed by atoms with van der Waals surface area (Å²) in [6.07, 6.45) is 11.4. The molecule has 118 valence electrons. The van der Waals surface area contributed by atoms with Crippen molar-refractivity contribution in [3.63, 3.8) is 0 Å². The van der Waals surface area contributed by atoms with Gasteiger partial charge in [-0.2, -0.15) is 0 Å². The van der Waals surface area contributed by atoms with Crippen molar-refractivity contribution in [2.45, 2.75) is 84.2 Å². The highest BCUT2D eigenvalue weighted by molar-refractivity contribution is 4.91. The molecular weight excluding hydrogens is 244 g/mol. The Morgan fingerprint density at radius 3 is 2.65 bits per heavy atom. The third kappa shape index (κ3) is 4.46. The fraction of sp³-hybridized carbons (Fsp3) is 1.00. The molecule has 1 saturated heterocycles. The van der Waals surface area contributed by atoms with E-state index in [4.69, 9.17) is 0 Å². The van der Waals surface area contributed by atoms with Crippen molar-refractivity contribution in [3.8, 4) is 0 Å². The van der Waals surface area contributed by atoms with Gasteiger partial charge in [0.2, 0.25) is 0 Å². The quantitative estimate of drug-likeness (QED) is 0.817. The first-order valence-electron chi connectivity index (χ1n) is 9.22. The van der Waals surface area contributed by atoms with Gasteiger partial charge in [0.15, 0.2) is 0 Å². The summed E-state index contributed by atoms with van der Waals surface area (Å²) >= 11 is 0. The van der Waals surface area contributed by atoms with E-state index < -0.39 is 0 Å². The summed E-state index contributed by atoms with van der Waals surface area (Å²) in [5, 5.41) is 3.77. The summed E-state index contributed by atoms with van der Waals surface area (Å²) in [5.41, 5.74) is 0. The van der Waals surface area contributed by atoms with Crippen LogP contribution < -0.4 is 5.32 Å². The van der Waals surface area contributed by atoms with Crippen LogP contribution in [0.1, 0.15) is 72.1 Å². The van der Waals surface area contributed by atoms with Crippen LogP contribution in [0.2, 0.25) is 0 Å². The van der Waals surface area contributed by atoms with E-state index in [-0.39, 0.29) is 0 Å². The van der Waals surface area contributed by atoms with E-state index in [1.165, 1.54) is 64.5 Å². The minimum absolute atomic E-state index is 0.749. The molecule has 0 radical (unpaired) electrons. The lowest BCUT2D eigenvalue weighted by Crippen LogP contribution is -2.53. The van der Waals surface area contributed by atoms with E-state index in [2.05, 4.69) is 31.0 Å². The number of likely N-dealkylation sites (N-methyl/N-ethyl adjacent to an activating group) is 1. The molecule has 0 spiro atoms. The summed E-state index contributed by atoms with van der Waals surface area (Å²) in [6.45, 7) is 10.9. The number of likely N-dealkylation sites (tertiary alicyclic amines) is 1. The van der Waals surface area contributed by atoms with Gasteiger partial charge in [-0.05, 0) is 70.0 Å². The van der Waals surface area contributed by atoms with E-state index in [0.717, 1.165) is 30.5 Å². The van der Waals surface area contributed by atoms with Crippen LogP contribution in [0.4, 0.5) is 0 Å². The fourth-order valence-electron chi connectivity index (χ4n) is 4.47. The highest BCUT2D eigenvalue weighted by Crippen LogP contribution is 2.31. The molecule has 2 nitrogen and oxygen atoms in total. The van der Waals surface area contributed by atoms with Crippen LogP contribution in [0.15, 0.2) is 0 Å². The maximum atomic E-state index is 3.77. The van der Waals surface area contributed by atoms with Crippen molar-refractivity contribution in [2.24, 2.45) is 11.8 Å². The average molecular weight is 281 g/mol. The Labute approximate surface area is 126 Å². The van der Waals surface area contributed by atoms with Crippen LogP contribution in [0.5, 0.6) is 0 Å². The standard InChI is InChI=1S/C18H36N2/c1-4-7-16-8-6-12-20(13-11-16)18-14-15(3)9-10-17(18)19-5-2/h15-19H,4-14H2,1-3H3. The number of nitrogens with one attached hydrogen (secondary N) is 1. The monoisotopic (exact) mass is 280 g/mol. The molecule has 1 saturated carbocycles. The maximum absolute atomic E-state index is 3.77. The van der Waals surface area contributed by atoms with Gasteiger partial charge in [-0.1, -0.05) is 33.6 Å². The highest BCUT2D eigenvalue weighted by Gasteiger charge is 2.33. The van der Waals surface area contributed by atoms with Crippen LogP contribution in [0, 0.1) is 11.8 Å². The Morgan fingerprint density at radius 2 is 1.90 bits per heavy atom. The van der Waals surface area contributed by atoms with Gasteiger partial charge in [0, 0.05) is 12.1 Å². The zero-order valence-electron chi connectivity index (χ0n) is 14.0. The van der Waals surface area contributed by atoms with Crippen molar-refractivity contribution in [2.75, 3.05) is 19.6 Å². The Morgan fingerprint density at radius 1 is 1.05 bits per heavy atom. The fourth-order valence-corrected chi connectivity index (χ4v) is 4.47. The maximum Gasteiger partial charge on any atom is 0.0251 e. The third-order valence-corrected chi connectivity index (χ3v) is 5.59. The number of hydrogen-bond acceptors (Lipinski definition) is 2. The second-order valence-corrected chi connectivity index (χ2v) is 7.27. The van der Waals surface area contributed by atoms with Crippen LogP contribution >= 0.6 is 0 Å². The summed E-state index contributed by atoms with van der Waals surface area (Å²) in [7, 11) is 0. The molecule has 4 atom stereocenters. The smallest absolute Gasteiger partial charge is 0.0251 e. The van der Waals surface area contributed by atoms with Crippen molar-refractivity contribution < 1.29 is 0 Å². The Hall–Kier alpha value is -0.0800. The first-order valence-corrected chi connectivity index (χ1v) is 9.22. The Kier molecular flexibility index (Phi) is 6.83. The highest BCUT2D eigenvalue weighted by atomic mass is 15.2. The first-order chi connectivity index (χ1) is 9.74. The van der Waals surface area contributed by atoms with Gasteiger partial charge in [-0.15, -0.1) is 0 Å². The normalized spacial score (nSPS) is 36.8. The van der Waals surface area contributed by atoms with Gasteiger partial charge in [-0.25, -0.2) is 0 Å². The molecule has 0 aromatic rings. The van der Waals surface area contributed by atoms with Crippen LogP contribution in [0.25, 0.3) is 0 Å². The SMILES string of the molecule is CCCC1CCCN(C2CC(C)CCC2NCC)CC1. The number of nitrogens with zero attached hydrogens (tertiary/aromatic N) is 1. The molecule has 2 aliphatic rings. The molecule has 2 heteroatoms. The largest absolute Gasteiger partial charge is 0.313 e. The summed E-state index contributed by atoms with van der Waals surface area (Å²) < 4.78 is 0. The molecule has 0 aromatic carbocycles. The molecule has 1 aliphatic heterocycles. The molecule has 0 bridgehead atoms. The van der Waals surface area contributed by atoms with E-state index >= 15 is 0 Å². The summed E-state index contributed by atoms with van der Waals surface area (Å²) in [6, 6.07) is 1.55. The van der Waals surface area contributed by atoms with E-state index in [9.17, 15) is 0 Å². The van der Waals surface area contributed by atoms with Crippen molar-refractivity contribution in [1.82, 2.24) is 10.2 Å². The van der Waals surface area contributed by atoms with Crippen molar-refractivity contribution >= 4 is 0 Å². The minimum atomic E-state index is 0.749. The molecule has 4 unspecified atom stereocenters. The molecule has 1 N–H and O–H groups in total. The molecule has 1 aliphatic carbocycles. The van der Waals surface area contributed by atoms with E-state index in [1.54, 1.807) is 0 Å². The van der Waals surface area contributed by atoms with Crippen LogP contribution in [-0.4, -0.2) is 36.6 Å². The second-order valence-electron chi connectivity index (χ2n) is 7.27. The van der Waals surface area contributed by atoms with E-state index in [1.807, 2.05) is 0 Å². The Bertz CT molecular complexity index is 266. The topological polar surface area (TPSA) is 15.3 Å². The zero-order valence-corrected chi connectivity index (χ0v) is 14.0. The Balaban J connectivity index is 1.92. The van der Waals surface area contributed by atoms with Gasteiger partial charge >= 0.3 is 0 Å². The predicted octanol–water partition coefficient (Wildman–Crippen LogP) is 4.06. The number of rotatable bonds is 5. The van der Waals surface area contributed by atoms with Crippen LogP contribution in [0.3, 0.4) is 0 Å². The zero-order chi connectivity index (χ0) is 14.4. The third-order valence-electron chi connectivity index (χ3n) is 5.59. The molecule has 20 heavy (non-hydrogen) atoms. The van der Waals surface area contributed by atoms with Gasteiger partial charge in [0.25, 0.3) is 0 Å². The average Bonchev–Trinajstić information content (AvgIpc) is 2.67. The molecular formula is C18H36N2. The van der Waals surface area contributed by atoms with Gasteiger partial charge < -0.3 is 5.32 Å². The second kappa shape index (κ2) is 8.38. The van der Waals surface area contributed by atoms with Gasteiger partial charge in [0.1, 0.15) is 0 Å². The lowest BCUT2D eigenvalue weighted by Gasteiger charge is -2.42. The van der Waals surface area contributed by atoms with E-state index in [0.29, 0.717) is 0 Å². The molecule has 2 rings (SSSR count). The van der Waals surface area contributed by atoms with Crippen LogP contribution in [-0.2, 0) is 0 Å². The first kappa shape index (κ1) is 16.3. The summed E-state index contributed by atoms with van der Waals surface area (Å²) in [4.78, 5) is 2.85. The summed E-state index contributed by atoms with van der Waals surface area (Å²) in [5.74, 6) is 1.92. The molecule has 2 fully saturated rings. The molecule has 1 heterocycles. The molecule has 0 amide bonds. The van der Waals surface area contributed by atoms with Crippen molar-refractivity contribution in [3.05, 3.63) is 0 Å². The van der Waals surface area contributed by atoms with Gasteiger partial charge in [0.05, 0.1) is 0 Å².